The Bertz CT molecular complexity index is 494. The standard InChI is InChI=1S/C13H13F2NO3/c1-7(12(17)16-8-5-6-8)19-13(18)11-9(14)3-2-4-10(11)15/h2-4,7-8H,5-6H2,1H3,(H,16,17)/t7-/m1/s1. The third-order valence-electron chi connectivity index (χ3n) is 2.74. The highest BCUT2D eigenvalue weighted by Gasteiger charge is 2.28. The van der Waals surface area contributed by atoms with Crippen molar-refractivity contribution in [2.45, 2.75) is 31.9 Å². The van der Waals surface area contributed by atoms with Crippen LogP contribution in [0.3, 0.4) is 0 Å². The molecule has 0 radical (unpaired) electrons. The number of carbonyl (C=O) groups excluding carboxylic acids is 2. The van der Waals surface area contributed by atoms with Gasteiger partial charge in [0, 0.05) is 6.04 Å². The van der Waals surface area contributed by atoms with E-state index >= 15 is 0 Å². The van der Waals surface area contributed by atoms with Crippen molar-refractivity contribution in [3.63, 3.8) is 0 Å². The predicted octanol–water partition coefficient (Wildman–Crippen LogP) is 1.79. The first-order chi connectivity index (χ1) is 8.99. The Morgan fingerprint density at radius 2 is 1.89 bits per heavy atom. The Morgan fingerprint density at radius 3 is 2.42 bits per heavy atom. The Morgan fingerprint density at radius 1 is 1.32 bits per heavy atom. The highest BCUT2D eigenvalue weighted by Crippen LogP contribution is 2.19. The van der Waals surface area contributed by atoms with Crippen LogP contribution in [0.5, 0.6) is 0 Å². The normalized spacial score (nSPS) is 15.7. The number of carbonyl (C=O) groups is 2. The maximum Gasteiger partial charge on any atom is 0.344 e. The Kier molecular flexibility index (Phi) is 3.78. The van der Waals surface area contributed by atoms with Gasteiger partial charge in [-0.2, -0.15) is 0 Å². The number of amides is 1. The van der Waals surface area contributed by atoms with Crippen LogP contribution in [0.4, 0.5) is 8.78 Å². The predicted molar refractivity (Wildman–Crippen MR) is 62.4 cm³/mol. The molecule has 1 aromatic carbocycles. The van der Waals surface area contributed by atoms with Crippen molar-refractivity contribution < 1.29 is 23.1 Å². The molecule has 0 aliphatic heterocycles. The Labute approximate surface area is 108 Å². The summed E-state index contributed by atoms with van der Waals surface area (Å²) < 4.78 is 31.4. The zero-order chi connectivity index (χ0) is 14.0. The average Bonchev–Trinajstić information content (AvgIpc) is 3.12. The summed E-state index contributed by atoms with van der Waals surface area (Å²) in [5.41, 5.74) is -0.784. The number of ether oxygens (including phenoxy) is 1. The van der Waals surface area contributed by atoms with E-state index in [1.807, 2.05) is 0 Å². The van der Waals surface area contributed by atoms with Gasteiger partial charge in [0.25, 0.3) is 5.91 Å². The van der Waals surface area contributed by atoms with E-state index in [4.69, 9.17) is 4.74 Å². The van der Waals surface area contributed by atoms with Gasteiger partial charge in [-0.15, -0.1) is 0 Å². The van der Waals surface area contributed by atoms with E-state index in [0.29, 0.717) is 0 Å². The first-order valence-corrected chi connectivity index (χ1v) is 5.94. The molecule has 6 heteroatoms. The van der Waals surface area contributed by atoms with Gasteiger partial charge in [-0.05, 0) is 31.9 Å². The molecule has 0 aromatic heterocycles. The number of rotatable bonds is 4. The zero-order valence-electron chi connectivity index (χ0n) is 10.3. The summed E-state index contributed by atoms with van der Waals surface area (Å²) in [6.07, 6.45) is 0.704. The molecule has 0 heterocycles. The van der Waals surface area contributed by atoms with E-state index < -0.39 is 35.2 Å². The maximum atomic E-state index is 13.3. The summed E-state index contributed by atoms with van der Waals surface area (Å²) >= 11 is 0. The molecule has 2 rings (SSSR count). The summed E-state index contributed by atoms with van der Waals surface area (Å²) in [6, 6.07) is 3.17. The average molecular weight is 269 g/mol. The van der Waals surface area contributed by atoms with Crippen LogP contribution in [0.2, 0.25) is 0 Å². The Balaban J connectivity index is 2.01. The summed E-state index contributed by atoms with van der Waals surface area (Å²) in [7, 11) is 0. The summed E-state index contributed by atoms with van der Waals surface area (Å²) in [6.45, 7) is 1.36. The third kappa shape index (κ3) is 3.27. The van der Waals surface area contributed by atoms with Crippen molar-refractivity contribution >= 4 is 11.9 Å². The monoisotopic (exact) mass is 269 g/mol. The van der Waals surface area contributed by atoms with Gasteiger partial charge >= 0.3 is 5.97 Å². The van der Waals surface area contributed by atoms with Gasteiger partial charge in [0.2, 0.25) is 0 Å². The quantitative estimate of drug-likeness (QED) is 0.848. The number of nitrogens with one attached hydrogen (secondary N) is 1. The number of hydrogen-bond acceptors (Lipinski definition) is 3. The molecule has 1 saturated carbocycles. The molecule has 1 fully saturated rings. The highest BCUT2D eigenvalue weighted by atomic mass is 19.1. The van der Waals surface area contributed by atoms with Gasteiger partial charge in [-0.3, -0.25) is 4.79 Å². The second kappa shape index (κ2) is 5.34. The number of halogens is 2. The summed E-state index contributed by atoms with van der Waals surface area (Å²) in [5.74, 6) is -3.68. The van der Waals surface area contributed by atoms with Gasteiger partial charge in [0.1, 0.15) is 17.2 Å². The maximum absolute atomic E-state index is 13.3. The fourth-order valence-electron chi connectivity index (χ4n) is 1.51. The van der Waals surface area contributed by atoms with Crippen LogP contribution >= 0.6 is 0 Å². The fourth-order valence-corrected chi connectivity index (χ4v) is 1.51. The molecule has 1 amide bonds. The van der Waals surface area contributed by atoms with E-state index in [2.05, 4.69) is 5.32 Å². The molecule has 1 N–H and O–H groups in total. The van der Waals surface area contributed by atoms with Crippen molar-refractivity contribution in [2.24, 2.45) is 0 Å². The van der Waals surface area contributed by atoms with Gasteiger partial charge < -0.3 is 10.1 Å². The van der Waals surface area contributed by atoms with E-state index in [0.717, 1.165) is 31.0 Å². The van der Waals surface area contributed by atoms with E-state index in [9.17, 15) is 18.4 Å². The minimum absolute atomic E-state index is 0.124. The zero-order valence-corrected chi connectivity index (χ0v) is 10.3. The first kappa shape index (κ1) is 13.5. The summed E-state index contributed by atoms with van der Waals surface area (Å²) in [4.78, 5) is 23.2. The molecule has 4 nitrogen and oxygen atoms in total. The molecular formula is C13H13F2NO3. The van der Waals surface area contributed by atoms with Gasteiger partial charge in [0.05, 0.1) is 0 Å². The van der Waals surface area contributed by atoms with E-state index in [-0.39, 0.29) is 6.04 Å². The molecule has 19 heavy (non-hydrogen) atoms. The van der Waals surface area contributed by atoms with Crippen molar-refractivity contribution in [1.29, 1.82) is 0 Å². The lowest BCUT2D eigenvalue weighted by Gasteiger charge is -2.13. The molecule has 1 aliphatic rings. The van der Waals surface area contributed by atoms with Crippen LogP contribution in [0.25, 0.3) is 0 Å². The van der Waals surface area contributed by atoms with E-state index in [1.165, 1.54) is 6.92 Å². The number of hydrogen-bond donors (Lipinski definition) is 1. The van der Waals surface area contributed by atoms with Gasteiger partial charge in [-0.1, -0.05) is 6.07 Å². The van der Waals surface area contributed by atoms with Crippen LogP contribution in [-0.2, 0) is 9.53 Å². The molecule has 0 bridgehead atoms. The minimum atomic E-state index is -1.19. The second-order valence-electron chi connectivity index (χ2n) is 4.43. The molecule has 1 aliphatic carbocycles. The molecule has 1 atom stereocenters. The Hall–Kier alpha value is -1.98. The lowest BCUT2D eigenvalue weighted by atomic mass is 10.2. The first-order valence-electron chi connectivity index (χ1n) is 5.94. The molecule has 0 spiro atoms. The number of esters is 1. The molecule has 0 saturated heterocycles. The van der Waals surface area contributed by atoms with Crippen LogP contribution in [-0.4, -0.2) is 24.0 Å². The van der Waals surface area contributed by atoms with Crippen molar-refractivity contribution in [3.8, 4) is 0 Å². The van der Waals surface area contributed by atoms with Gasteiger partial charge in [-0.25, -0.2) is 13.6 Å². The molecule has 1 aromatic rings. The van der Waals surface area contributed by atoms with E-state index in [1.54, 1.807) is 0 Å². The van der Waals surface area contributed by atoms with Crippen molar-refractivity contribution in [1.82, 2.24) is 5.32 Å². The lowest BCUT2D eigenvalue weighted by Crippen LogP contribution is -2.37. The van der Waals surface area contributed by atoms with Crippen LogP contribution in [0, 0.1) is 11.6 Å². The lowest BCUT2D eigenvalue weighted by molar-refractivity contribution is -0.129. The summed E-state index contributed by atoms with van der Waals surface area (Å²) in [5, 5.41) is 2.64. The topological polar surface area (TPSA) is 55.4 Å². The van der Waals surface area contributed by atoms with Crippen LogP contribution in [0.1, 0.15) is 30.1 Å². The fraction of sp³-hybridized carbons (Fsp3) is 0.385. The molecule has 102 valence electrons. The third-order valence-corrected chi connectivity index (χ3v) is 2.74. The molecule has 0 unspecified atom stereocenters. The smallest absolute Gasteiger partial charge is 0.344 e. The van der Waals surface area contributed by atoms with Crippen molar-refractivity contribution in [3.05, 3.63) is 35.4 Å². The van der Waals surface area contributed by atoms with Crippen molar-refractivity contribution in [2.75, 3.05) is 0 Å². The minimum Gasteiger partial charge on any atom is -0.449 e. The largest absolute Gasteiger partial charge is 0.449 e. The highest BCUT2D eigenvalue weighted by molar-refractivity contribution is 5.92. The van der Waals surface area contributed by atoms with Gasteiger partial charge in [0.15, 0.2) is 6.10 Å². The number of benzene rings is 1. The van der Waals surface area contributed by atoms with Crippen LogP contribution < -0.4 is 5.32 Å². The second-order valence-corrected chi connectivity index (χ2v) is 4.43. The molecular weight excluding hydrogens is 256 g/mol. The SMILES string of the molecule is C[C@@H](OC(=O)c1c(F)cccc1F)C(=O)NC1CC1. The van der Waals surface area contributed by atoms with Crippen LogP contribution in [0.15, 0.2) is 18.2 Å².